The number of likely N-dealkylation sites (tertiary alicyclic amines) is 1. The van der Waals surface area contributed by atoms with Crippen LogP contribution in [0.3, 0.4) is 0 Å². The molecule has 2 rings (SSSR count). The summed E-state index contributed by atoms with van der Waals surface area (Å²) in [4.78, 5) is 25.0. The number of carboxylic acids is 1. The highest BCUT2D eigenvalue weighted by atomic mass is 79.9. The zero-order valence-corrected chi connectivity index (χ0v) is 13.9. The maximum atomic E-state index is 12.6. The van der Waals surface area contributed by atoms with Crippen LogP contribution in [-0.4, -0.2) is 35.0 Å². The first-order valence-corrected chi connectivity index (χ1v) is 8.10. The summed E-state index contributed by atoms with van der Waals surface area (Å²) in [5.74, 6) is -0.612. The maximum absolute atomic E-state index is 12.6. The van der Waals surface area contributed by atoms with Gasteiger partial charge < -0.3 is 10.0 Å². The molecule has 1 atom stereocenters. The van der Waals surface area contributed by atoms with Gasteiger partial charge in [-0.25, -0.2) is 0 Å². The number of benzene rings is 1. The Morgan fingerprint density at radius 1 is 1.43 bits per heavy atom. The van der Waals surface area contributed by atoms with E-state index in [9.17, 15) is 9.59 Å². The van der Waals surface area contributed by atoms with Crippen molar-refractivity contribution in [2.45, 2.75) is 25.7 Å². The van der Waals surface area contributed by atoms with Gasteiger partial charge in [-0.05, 0) is 43.4 Å². The van der Waals surface area contributed by atoms with Crippen molar-refractivity contribution in [3.63, 3.8) is 0 Å². The minimum absolute atomic E-state index is 0.0821. The number of piperidine rings is 1. The van der Waals surface area contributed by atoms with Crippen LogP contribution in [0, 0.1) is 5.92 Å². The molecular weight excluding hydrogens is 358 g/mol. The molecule has 1 saturated heterocycles. The molecule has 0 saturated carbocycles. The molecule has 1 unspecified atom stereocenters. The number of aliphatic carboxylic acids is 1. The van der Waals surface area contributed by atoms with Crippen LogP contribution < -0.4 is 0 Å². The van der Waals surface area contributed by atoms with Gasteiger partial charge in [0, 0.05) is 24.0 Å². The van der Waals surface area contributed by atoms with Crippen LogP contribution in [0.1, 0.15) is 36.0 Å². The lowest BCUT2D eigenvalue weighted by molar-refractivity contribution is -0.137. The highest BCUT2D eigenvalue weighted by Gasteiger charge is 2.26. The Morgan fingerprint density at radius 3 is 2.90 bits per heavy atom. The lowest BCUT2D eigenvalue weighted by Crippen LogP contribution is -2.40. The predicted octanol–water partition coefficient (Wildman–Crippen LogP) is 3.82. The SMILES string of the molecule is O=C(O)CCC1CCCN(C(=O)c2cc(Br)ccc2Cl)C1. The van der Waals surface area contributed by atoms with Crippen molar-refractivity contribution in [2.24, 2.45) is 5.92 Å². The molecule has 1 aromatic rings. The molecule has 1 N–H and O–H groups in total. The zero-order valence-electron chi connectivity index (χ0n) is 11.5. The van der Waals surface area contributed by atoms with E-state index in [-0.39, 0.29) is 18.2 Å². The Kier molecular flexibility index (Phi) is 5.65. The van der Waals surface area contributed by atoms with E-state index in [2.05, 4.69) is 15.9 Å². The molecule has 1 aromatic carbocycles. The van der Waals surface area contributed by atoms with Gasteiger partial charge in [-0.15, -0.1) is 0 Å². The fourth-order valence-electron chi connectivity index (χ4n) is 2.64. The summed E-state index contributed by atoms with van der Waals surface area (Å²) >= 11 is 9.45. The van der Waals surface area contributed by atoms with Gasteiger partial charge in [0.1, 0.15) is 0 Å². The van der Waals surface area contributed by atoms with E-state index >= 15 is 0 Å². The van der Waals surface area contributed by atoms with Gasteiger partial charge in [0.15, 0.2) is 0 Å². The molecule has 0 bridgehead atoms. The normalized spacial score (nSPS) is 18.6. The lowest BCUT2D eigenvalue weighted by atomic mass is 9.93. The number of hydrogen-bond acceptors (Lipinski definition) is 2. The van der Waals surface area contributed by atoms with Gasteiger partial charge >= 0.3 is 5.97 Å². The molecule has 1 heterocycles. The molecular formula is C15H17BrClNO3. The van der Waals surface area contributed by atoms with E-state index in [0.717, 1.165) is 17.3 Å². The van der Waals surface area contributed by atoms with Gasteiger partial charge in [0.05, 0.1) is 10.6 Å². The number of rotatable bonds is 4. The number of amides is 1. The first-order valence-electron chi connectivity index (χ1n) is 6.93. The molecule has 21 heavy (non-hydrogen) atoms. The summed E-state index contributed by atoms with van der Waals surface area (Å²) in [7, 11) is 0. The van der Waals surface area contributed by atoms with Crippen LogP contribution >= 0.6 is 27.5 Å². The van der Waals surface area contributed by atoms with Crippen molar-refractivity contribution < 1.29 is 14.7 Å². The van der Waals surface area contributed by atoms with Gasteiger partial charge in [0.2, 0.25) is 0 Å². The molecule has 0 spiro atoms. The van der Waals surface area contributed by atoms with Gasteiger partial charge in [-0.2, -0.15) is 0 Å². The quantitative estimate of drug-likeness (QED) is 0.871. The van der Waals surface area contributed by atoms with Crippen molar-refractivity contribution in [3.8, 4) is 0 Å². The Labute approximate surface area is 137 Å². The fourth-order valence-corrected chi connectivity index (χ4v) is 3.20. The smallest absolute Gasteiger partial charge is 0.303 e. The highest BCUT2D eigenvalue weighted by molar-refractivity contribution is 9.10. The molecule has 1 aliphatic heterocycles. The number of carbonyl (C=O) groups excluding carboxylic acids is 1. The molecule has 114 valence electrons. The third kappa shape index (κ3) is 4.45. The molecule has 6 heteroatoms. The number of halogens is 2. The Balaban J connectivity index is 2.05. The van der Waals surface area contributed by atoms with Gasteiger partial charge in [0.25, 0.3) is 5.91 Å². The van der Waals surface area contributed by atoms with E-state index < -0.39 is 5.97 Å². The zero-order chi connectivity index (χ0) is 15.4. The molecule has 1 amide bonds. The Hall–Kier alpha value is -1.07. The number of nitrogens with zero attached hydrogens (tertiary/aromatic N) is 1. The topological polar surface area (TPSA) is 57.6 Å². The summed E-state index contributed by atoms with van der Waals surface area (Å²) in [6.45, 7) is 1.31. The summed E-state index contributed by atoms with van der Waals surface area (Å²) in [5.41, 5.74) is 0.491. The second-order valence-electron chi connectivity index (χ2n) is 5.32. The van der Waals surface area contributed by atoms with Crippen LogP contribution in [0.5, 0.6) is 0 Å². The second-order valence-corrected chi connectivity index (χ2v) is 6.64. The van der Waals surface area contributed by atoms with E-state index in [4.69, 9.17) is 16.7 Å². The largest absolute Gasteiger partial charge is 0.481 e. The predicted molar refractivity (Wildman–Crippen MR) is 84.6 cm³/mol. The summed E-state index contributed by atoms with van der Waals surface area (Å²) in [6, 6.07) is 5.22. The van der Waals surface area contributed by atoms with Crippen molar-refractivity contribution in [3.05, 3.63) is 33.3 Å². The fraction of sp³-hybridized carbons (Fsp3) is 0.467. The third-order valence-electron chi connectivity index (χ3n) is 3.73. The van der Waals surface area contributed by atoms with Crippen LogP contribution in [0.2, 0.25) is 5.02 Å². The standard InChI is InChI=1S/C15H17BrClNO3/c16-11-4-5-13(17)12(8-11)15(21)18-7-1-2-10(9-18)3-6-14(19)20/h4-5,8,10H,1-3,6-7,9H2,(H,19,20). The minimum atomic E-state index is -0.784. The van der Waals surface area contributed by atoms with E-state index in [1.807, 2.05) is 0 Å². The number of carboxylic acid groups (broad SMARTS) is 1. The Morgan fingerprint density at radius 2 is 2.19 bits per heavy atom. The first-order chi connectivity index (χ1) is 9.97. The maximum Gasteiger partial charge on any atom is 0.303 e. The number of hydrogen-bond donors (Lipinski definition) is 1. The van der Waals surface area contributed by atoms with Crippen molar-refractivity contribution in [1.29, 1.82) is 0 Å². The van der Waals surface area contributed by atoms with Crippen molar-refractivity contribution in [2.75, 3.05) is 13.1 Å². The summed E-state index contributed by atoms with van der Waals surface area (Å²) in [6.07, 6.45) is 2.65. The number of carbonyl (C=O) groups is 2. The molecule has 0 aromatic heterocycles. The van der Waals surface area contributed by atoms with Crippen LogP contribution in [0.4, 0.5) is 0 Å². The van der Waals surface area contributed by atoms with Crippen molar-refractivity contribution in [1.82, 2.24) is 4.90 Å². The van der Waals surface area contributed by atoms with Gasteiger partial charge in [-0.3, -0.25) is 9.59 Å². The molecule has 1 fully saturated rings. The van der Waals surface area contributed by atoms with Crippen LogP contribution in [0.15, 0.2) is 22.7 Å². The monoisotopic (exact) mass is 373 g/mol. The summed E-state index contributed by atoms with van der Waals surface area (Å²) in [5, 5.41) is 9.20. The van der Waals surface area contributed by atoms with Crippen molar-refractivity contribution >= 4 is 39.4 Å². The molecule has 0 aliphatic carbocycles. The first kappa shape index (κ1) is 16.3. The summed E-state index contributed by atoms with van der Waals surface area (Å²) < 4.78 is 0.815. The lowest BCUT2D eigenvalue weighted by Gasteiger charge is -2.33. The second kappa shape index (κ2) is 7.27. The Bertz CT molecular complexity index is 550. The van der Waals surface area contributed by atoms with Crippen LogP contribution in [-0.2, 0) is 4.79 Å². The van der Waals surface area contributed by atoms with Gasteiger partial charge in [-0.1, -0.05) is 27.5 Å². The van der Waals surface area contributed by atoms with Crippen LogP contribution in [0.25, 0.3) is 0 Å². The third-order valence-corrected chi connectivity index (χ3v) is 4.55. The average molecular weight is 375 g/mol. The highest BCUT2D eigenvalue weighted by Crippen LogP contribution is 2.26. The molecule has 1 aliphatic rings. The van der Waals surface area contributed by atoms with E-state index in [1.54, 1.807) is 23.1 Å². The van der Waals surface area contributed by atoms with E-state index in [0.29, 0.717) is 30.1 Å². The molecule has 4 nitrogen and oxygen atoms in total. The van der Waals surface area contributed by atoms with E-state index in [1.165, 1.54) is 0 Å². The molecule has 0 radical (unpaired) electrons. The average Bonchev–Trinajstić information content (AvgIpc) is 2.47. The minimum Gasteiger partial charge on any atom is -0.481 e.